The summed E-state index contributed by atoms with van der Waals surface area (Å²) in [6, 6.07) is 11.2. The molecule has 0 aliphatic carbocycles. The van der Waals surface area contributed by atoms with E-state index in [0.29, 0.717) is 24.3 Å². The molecular formula is C19H18F3NO4. The standard InChI is InChI=1S/C19H18F3NO4/c1-25-11-18(24)23-10-16-9-14-7-13(5-6-17(14)26-16)12-3-2-4-15(8-12)27-19(20,21)22/h2-8,16H,9-11H2,1H3,(H,23,24)/t16-/m0/s1. The molecule has 0 fully saturated rings. The van der Waals surface area contributed by atoms with Crippen molar-refractivity contribution in [2.75, 3.05) is 20.3 Å². The second kappa shape index (κ2) is 7.87. The highest BCUT2D eigenvalue weighted by atomic mass is 19.4. The molecule has 144 valence electrons. The number of nitrogens with one attached hydrogen (secondary N) is 1. The minimum Gasteiger partial charge on any atom is -0.488 e. The number of amides is 1. The summed E-state index contributed by atoms with van der Waals surface area (Å²) in [6.07, 6.45) is -4.34. The van der Waals surface area contributed by atoms with Crippen LogP contribution in [-0.2, 0) is 16.0 Å². The molecule has 1 aliphatic heterocycles. The Morgan fingerprint density at radius 1 is 1.22 bits per heavy atom. The first-order chi connectivity index (χ1) is 12.8. The van der Waals surface area contributed by atoms with Crippen LogP contribution in [0.5, 0.6) is 11.5 Å². The summed E-state index contributed by atoms with van der Waals surface area (Å²) in [7, 11) is 1.44. The Bertz CT molecular complexity index is 823. The maximum Gasteiger partial charge on any atom is 0.573 e. The predicted octanol–water partition coefficient (Wildman–Crippen LogP) is 3.32. The van der Waals surface area contributed by atoms with E-state index in [1.54, 1.807) is 18.2 Å². The summed E-state index contributed by atoms with van der Waals surface area (Å²) in [4.78, 5) is 11.5. The number of methoxy groups -OCH3 is 1. The molecule has 0 spiro atoms. The van der Waals surface area contributed by atoms with Crippen molar-refractivity contribution in [1.29, 1.82) is 0 Å². The molecule has 0 bridgehead atoms. The first-order valence-corrected chi connectivity index (χ1v) is 8.25. The van der Waals surface area contributed by atoms with Crippen LogP contribution in [0.1, 0.15) is 5.56 Å². The van der Waals surface area contributed by atoms with E-state index in [1.165, 1.54) is 25.3 Å². The van der Waals surface area contributed by atoms with Crippen LogP contribution in [0.15, 0.2) is 42.5 Å². The maximum atomic E-state index is 12.4. The largest absolute Gasteiger partial charge is 0.573 e. The van der Waals surface area contributed by atoms with Gasteiger partial charge in [0, 0.05) is 13.5 Å². The molecule has 0 radical (unpaired) electrons. The minimum atomic E-state index is -4.73. The first kappa shape index (κ1) is 19.0. The van der Waals surface area contributed by atoms with Crippen LogP contribution in [0.2, 0.25) is 0 Å². The van der Waals surface area contributed by atoms with E-state index in [0.717, 1.165) is 11.1 Å². The molecule has 3 rings (SSSR count). The number of benzene rings is 2. The summed E-state index contributed by atoms with van der Waals surface area (Å²) < 4.78 is 51.7. The van der Waals surface area contributed by atoms with Crippen molar-refractivity contribution in [1.82, 2.24) is 5.32 Å². The molecule has 5 nitrogen and oxygen atoms in total. The van der Waals surface area contributed by atoms with E-state index in [-0.39, 0.29) is 24.4 Å². The van der Waals surface area contributed by atoms with E-state index < -0.39 is 6.36 Å². The number of fused-ring (bicyclic) bond motifs is 1. The molecule has 0 saturated heterocycles. The Morgan fingerprint density at radius 2 is 2.00 bits per heavy atom. The third-order valence-electron chi connectivity index (χ3n) is 4.00. The third kappa shape index (κ3) is 5.13. The Labute approximate surface area is 154 Å². The number of carbonyl (C=O) groups is 1. The monoisotopic (exact) mass is 381 g/mol. The average Bonchev–Trinajstić information content (AvgIpc) is 3.01. The lowest BCUT2D eigenvalue weighted by Crippen LogP contribution is -2.36. The van der Waals surface area contributed by atoms with Gasteiger partial charge in [-0.3, -0.25) is 4.79 Å². The lowest BCUT2D eigenvalue weighted by atomic mass is 10.0. The molecule has 1 amide bonds. The fourth-order valence-electron chi connectivity index (χ4n) is 2.90. The van der Waals surface area contributed by atoms with Gasteiger partial charge < -0.3 is 19.5 Å². The minimum absolute atomic E-state index is 0.0137. The zero-order valence-electron chi connectivity index (χ0n) is 14.5. The highest BCUT2D eigenvalue weighted by Crippen LogP contribution is 2.34. The Hall–Kier alpha value is -2.74. The third-order valence-corrected chi connectivity index (χ3v) is 4.00. The molecular weight excluding hydrogens is 363 g/mol. The van der Waals surface area contributed by atoms with Crippen molar-refractivity contribution in [2.45, 2.75) is 18.9 Å². The molecule has 2 aromatic rings. The van der Waals surface area contributed by atoms with Crippen LogP contribution in [0.3, 0.4) is 0 Å². The van der Waals surface area contributed by atoms with E-state index in [1.807, 2.05) is 6.07 Å². The number of hydrogen-bond acceptors (Lipinski definition) is 4. The van der Waals surface area contributed by atoms with E-state index in [4.69, 9.17) is 9.47 Å². The summed E-state index contributed by atoms with van der Waals surface area (Å²) in [5.41, 5.74) is 2.30. The number of hydrogen-bond donors (Lipinski definition) is 1. The van der Waals surface area contributed by atoms with Gasteiger partial charge in [-0.25, -0.2) is 0 Å². The van der Waals surface area contributed by atoms with Gasteiger partial charge in [0.25, 0.3) is 0 Å². The van der Waals surface area contributed by atoms with Gasteiger partial charge in [-0.15, -0.1) is 13.2 Å². The lowest BCUT2D eigenvalue weighted by Gasteiger charge is -2.11. The lowest BCUT2D eigenvalue weighted by molar-refractivity contribution is -0.274. The normalized spacial score (nSPS) is 15.8. The zero-order valence-corrected chi connectivity index (χ0v) is 14.5. The second-order valence-electron chi connectivity index (χ2n) is 6.08. The molecule has 0 unspecified atom stereocenters. The molecule has 8 heteroatoms. The van der Waals surface area contributed by atoms with Crippen molar-refractivity contribution in [2.24, 2.45) is 0 Å². The molecule has 0 saturated carbocycles. The van der Waals surface area contributed by atoms with E-state index in [9.17, 15) is 18.0 Å². The van der Waals surface area contributed by atoms with Crippen LogP contribution in [0.25, 0.3) is 11.1 Å². The van der Waals surface area contributed by atoms with Crippen LogP contribution in [0, 0.1) is 0 Å². The quantitative estimate of drug-likeness (QED) is 0.834. The predicted molar refractivity (Wildman–Crippen MR) is 91.6 cm³/mol. The molecule has 1 aliphatic rings. The van der Waals surface area contributed by atoms with Crippen molar-refractivity contribution in [3.63, 3.8) is 0 Å². The van der Waals surface area contributed by atoms with Crippen molar-refractivity contribution in [3.05, 3.63) is 48.0 Å². The van der Waals surface area contributed by atoms with E-state index in [2.05, 4.69) is 10.1 Å². The smallest absolute Gasteiger partial charge is 0.488 e. The number of halogens is 3. The average molecular weight is 381 g/mol. The van der Waals surface area contributed by atoms with Gasteiger partial charge in [0.1, 0.15) is 24.2 Å². The SMILES string of the molecule is COCC(=O)NC[C@@H]1Cc2cc(-c3cccc(OC(F)(F)F)c3)ccc2O1. The topological polar surface area (TPSA) is 56.8 Å². The van der Waals surface area contributed by atoms with Crippen molar-refractivity contribution < 1.29 is 32.2 Å². The van der Waals surface area contributed by atoms with Gasteiger partial charge in [-0.1, -0.05) is 18.2 Å². The summed E-state index contributed by atoms with van der Waals surface area (Å²) in [6.45, 7) is 0.335. The summed E-state index contributed by atoms with van der Waals surface area (Å²) >= 11 is 0. The number of ether oxygens (including phenoxy) is 3. The van der Waals surface area contributed by atoms with Gasteiger partial charge in [-0.2, -0.15) is 0 Å². The van der Waals surface area contributed by atoms with Gasteiger partial charge >= 0.3 is 6.36 Å². The molecule has 1 atom stereocenters. The Morgan fingerprint density at radius 3 is 2.74 bits per heavy atom. The maximum absolute atomic E-state index is 12.4. The Balaban J connectivity index is 1.69. The van der Waals surface area contributed by atoms with Gasteiger partial charge in [0.2, 0.25) is 5.91 Å². The molecule has 1 heterocycles. The molecule has 0 aromatic heterocycles. The number of carbonyl (C=O) groups excluding carboxylic acids is 1. The van der Waals surface area contributed by atoms with E-state index >= 15 is 0 Å². The molecule has 2 aromatic carbocycles. The number of rotatable bonds is 6. The highest BCUT2D eigenvalue weighted by Gasteiger charge is 2.31. The van der Waals surface area contributed by atoms with Gasteiger partial charge in [0.15, 0.2) is 0 Å². The van der Waals surface area contributed by atoms with Gasteiger partial charge in [0.05, 0.1) is 6.54 Å². The van der Waals surface area contributed by atoms with Gasteiger partial charge in [-0.05, 0) is 41.0 Å². The molecule has 27 heavy (non-hydrogen) atoms. The van der Waals surface area contributed by atoms with Crippen molar-refractivity contribution in [3.8, 4) is 22.6 Å². The van der Waals surface area contributed by atoms with Crippen LogP contribution in [-0.4, -0.2) is 38.6 Å². The Kier molecular flexibility index (Phi) is 5.55. The van der Waals surface area contributed by atoms with Crippen molar-refractivity contribution >= 4 is 5.91 Å². The zero-order chi connectivity index (χ0) is 19.4. The molecule has 1 N–H and O–H groups in total. The second-order valence-corrected chi connectivity index (χ2v) is 6.08. The summed E-state index contributed by atoms with van der Waals surface area (Å²) in [5.74, 6) is 0.210. The first-order valence-electron chi connectivity index (χ1n) is 8.25. The van der Waals surface area contributed by atoms with Crippen LogP contribution < -0.4 is 14.8 Å². The van der Waals surface area contributed by atoms with Crippen LogP contribution in [0.4, 0.5) is 13.2 Å². The summed E-state index contributed by atoms with van der Waals surface area (Å²) in [5, 5.41) is 2.72. The van der Waals surface area contributed by atoms with Crippen LogP contribution >= 0.6 is 0 Å². The fraction of sp³-hybridized carbons (Fsp3) is 0.316. The fourth-order valence-corrected chi connectivity index (χ4v) is 2.90. The highest BCUT2D eigenvalue weighted by molar-refractivity contribution is 5.77. The number of alkyl halides is 3.